The summed E-state index contributed by atoms with van der Waals surface area (Å²) in [6.45, 7) is 3.55. The molecule has 0 saturated heterocycles. The molecule has 1 aromatic heterocycles. The van der Waals surface area contributed by atoms with E-state index in [-0.39, 0.29) is 5.78 Å². The molecule has 0 bridgehead atoms. The normalized spacial score (nSPS) is 11.0. The van der Waals surface area contributed by atoms with Crippen LogP contribution in [0, 0.1) is 6.92 Å². The molecule has 2 N–H and O–H groups in total. The van der Waals surface area contributed by atoms with Crippen molar-refractivity contribution >= 4 is 56.4 Å². The number of halogens is 1. The van der Waals surface area contributed by atoms with Crippen molar-refractivity contribution in [1.82, 2.24) is 4.98 Å². The summed E-state index contributed by atoms with van der Waals surface area (Å²) >= 11 is 9.27. The van der Waals surface area contributed by atoms with Gasteiger partial charge in [-0.05, 0) is 43.7 Å². The number of Topliss-reactive ketones (excluding diaryl/α,β-unsaturated/α-hetero) is 1. The van der Waals surface area contributed by atoms with E-state index in [2.05, 4.69) is 17.1 Å². The highest BCUT2D eigenvalue weighted by Gasteiger charge is 2.16. The quantitative estimate of drug-likeness (QED) is 0.522. The fourth-order valence-corrected chi connectivity index (χ4v) is 4.62. The first kappa shape index (κ1) is 15.3. The topological polar surface area (TPSA) is 56.0 Å². The van der Waals surface area contributed by atoms with E-state index in [1.54, 1.807) is 23.5 Å². The molecule has 22 heavy (non-hydrogen) atoms. The zero-order chi connectivity index (χ0) is 15.9. The van der Waals surface area contributed by atoms with Gasteiger partial charge in [-0.25, -0.2) is 4.98 Å². The number of nitrogens with two attached hydrogens (primary N) is 1. The van der Waals surface area contributed by atoms with Gasteiger partial charge in [0.05, 0.1) is 15.2 Å². The lowest BCUT2D eigenvalue weighted by Gasteiger charge is -2.08. The Bertz CT molecular complexity index is 889. The number of ketones is 1. The van der Waals surface area contributed by atoms with Gasteiger partial charge in [0, 0.05) is 16.1 Å². The van der Waals surface area contributed by atoms with Gasteiger partial charge in [0.2, 0.25) is 0 Å². The van der Waals surface area contributed by atoms with Crippen LogP contribution in [0.3, 0.4) is 0 Å². The lowest BCUT2D eigenvalue weighted by atomic mass is 10.1. The molecule has 2 aromatic carbocycles. The second-order valence-corrected chi connectivity index (χ2v) is 7.68. The SMILES string of the molecule is CC(=O)c1cc(N)cc(Cl)c1Sc1nc2cc(C)ccc2s1. The number of anilines is 1. The molecule has 0 atom stereocenters. The lowest BCUT2D eigenvalue weighted by Crippen LogP contribution is -1.98. The molecule has 0 amide bonds. The predicted octanol–water partition coefficient (Wildman–Crippen LogP) is 5.19. The first-order chi connectivity index (χ1) is 10.4. The minimum absolute atomic E-state index is 0.0614. The summed E-state index contributed by atoms with van der Waals surface area (Å²) < 4.78 is 1.97. The van der Waals surface area contributed by atoms with Gasteiger partial charge in [-0.2, -0.15) is 0 Å². The molecular formula is C16H13ClN2OS2. The summed E-state index contributed by atoms with van der Waals surface area (Å²) in [5, 5.41) is 0.477. The summed E-state index contributed by atoms with van der Waals surface area (Å²) in [4.78, 5) is 17.2. The minimum Gasteiger partial charge on any atom is -0.399 e. The van der Waals surface area contributed by atoms with Crippen molar-refractivity contribution in [3.8, 4) is 0 Å². The van der Waals surface area contributed by atoms with Crippen LogP contribution in [-0.2, 0) is 0 Å². The maximum atomic E-state index is 11.8. The summed E-state index contributed by atoms with van der Waals surface area (Å²) in [7, 11) is 0. The Balaban J connectivity index is 2.06. The molecule has 0 unspecified atom stereocenters. The van der Waals surface area contributed by atoms with E-state index in [1.807, 2.05) is 13.0 Å². The van der Waals surface area contributed by atoms with E-state index >= 15 is 0 Å². The van der Waals surface area contributed by atoms with Crippen LogP contribution < -0.4 is 5.73 Å². The molecule has 3 aromatic rings. The summed E-state index contributed by atoms with van der Waals surface area (Å²) in [5.41, 5.74) is 8.93. The Morgan fingerprint density at radius 3 is 2.82 bits per heavy atom. The third-order valence-corrected chi connectivity index (χ3v) is 5.81. The van der Waals surface area contributed by atoms with Crippen molar-refractivity contribution in [2.45, 2.75) is 23.1 Å². The van der Waals surface area contributed by atoms with Crippen LogP contribution in [0.4, 0.5) is 5.69 Å². The fourth-order valence-electron chi connectivity index (χ4n) is 2.13. The van der Waals surface area contributed by atoms with Crippen LogP contribution in [-0.4, -0.2) is 10.8 Å². The average molecular weight is 349 g/mol. The maximum absolute atomic E-state index is 11.8. The number of nitrogen functional groups attached to an aromatic ring is 1. The minimum atomic E-state index is -0.0614. The van der Waals surface area contributed by atoms with Crippen molar-refractivity contribution in [1.29, 1.82) is 0 Å². The van der Waals surface area contributed by atoms with Gasteiger partial charge in [-0.3, -0.25) is 4.79 Å². The third kappa shape index (κ3) is 2.97. The number of aryl methyl sites for hydroxylation is 1. The summed E-state index contributed by atoms with van der Waals surface area (Å²) in [6, 6.07) is 9.49. The molecule has 112 valence electrons. The highest BCUT2D eigenvalue weighted by Crippen LogP contribution is 2.40. The molecule has 3 nitrogen and oxygen atoms in total. The highest BCUT2D eigenvalue weighted by molar-refractivity contribution is 8.01. The standard InChI is InChI=1S/C16H13ClN2OS2/c1-8-3-4-14-13(5-8)19-16(21-14)22-15-11(9(2)20)6-10(18)7-12(15)17/h3-7H,18H2,1-2H3. The summed E-state index contributed by atoms with van der Waals surface area (Å²) in [5.74, 6) is -0.0614. The van der Waals surface area contributed by atoms with Gasteiger partial charge in [-0.1, -0.05) is 29.4 Å². The molecule has 0 fully saturated rings. The van der Waals surface area contributed by atoms with Crippen LogP contribution in [0.5, 0.6) is 0 Å². The van der Waals surface area contributed by atoms with Crippen molar-refractivity contribution < 1.29 is 4.79 Å². The van der Waals surface area contributed by atoms with Crippen LogP contribution in [0.2, 0.25) is 5.02 Å². The number of thiazole rings is 1. The Kier molecular flexibility index (Phi) is 4.12. The number of carbonyl (C=O) groups excluding carboxylic acids is 1. The number of hydrogen-bond donors (Lipinski definition) is 1. The number of fused-ring (bicyclic) bond motifs is 1. The maximum Gasteiger partial charge on any atom is 0.161 e. The van der Waals surface area contributed by atoms with Crippen molar-refractivity contribution in [2.75, 3.05) is 5.73 Å². The average Bonchev–Trinajstić information content (AvgIpc) is 2.82. The number of aromatic nitrogens is 1. The second kappa shape index (κ2) is 5.91. The molecule has 0 aliphatic rings. The molecule has 0 spiro atoms. The van der Waals surface area contributed by atoms with E-state index in [0.717, 1.165) is 14.6 Å². The molecule has 0 saturated carbocycles. The van der Waals surface area contributed by atoms with Gasteiger partial charge in [0.15, 0.2) is 10.1 Å². The second-order valence-electron chi connectivity index (χ2n) is 4.99. The number of carbonyl (C=O) groups is 1. The number of rotatable bonds is 3. The van der Waals surface area contributed by atoms with Crippen LogP contribution >= 0.6 is 34.7 Å². The first-order valence-electron chi connectivity index (χ1n) is 6.59. The zero-order valence-corrected chi connectivity index (χ0v) is 14.4. The van der Waals surface area contributed by atoms with Crippen molar-refractivity contribution in [3.63, 3.8) is 0 Å². The Hall–Kier alpha value is -1.56. The monoisotopic (exact) mass is 348 g/mol. The van der Waals surface area contributed by atoms with E-state index in [4.69, 9.17) is 17.3 Å². The Labute approximate surface area is 141 Å². The number of nitrogens with zero attached hydrogens (tertiary/aromatic N) is 1. The van der Waals surface area contributed by atoms with Crippen molar-refractivity contribution in [3.05, 3.63) is 46.5 Å². The summed E-state index contributed by atoms with van der Waals surface area (Å²) in [6.07, 6.45) is 0. The van der Waals surface area contributed by atoms with Crippen LogP contribution in [0.15, 0.2) is 39.6 Å². The molecule has 1 heterocycles. The highest BCUT2D eigenvalue weighted by atomic mass is 35.5. The van der Waals surface area contributed by atoms with Gasteiger partial charge in [0.1, 0.15) is 0 Å². The zero-order valence-electron chi connectivity index (χ0n) is 12.0. The Morgan fingerprint density at radius 2 is 2.09 bits per heavy atom. The van der Waals surface area contributed by atoms with Crippen LogP contribution in [0.1, 0.15) is 22.8 Å². The van der Waals surface area contributed by atoms with Crippen LogP contribution in [0.25, 0.3) is 10.2 Å². The fraction of sp³-hybridized carbons (Fsp3) is 0.125. The van der Waals surface area contributed by atoms with Crippen molar-refractivity contribution in [2.24, 2.45) is 0 Å². The Morgan fingerprint density at radius 1 is 1.32 bits per heavy atom. The van der Waals surface area contributed by atoms with E-state index in [9.17, 15) is 4.79 Å². The van der Waals surface area contributed by atoms with Gasteiger partial charge in [0.25, 0.3) is 0 Å². The third-order valence-electron chi connectivity index (χ3n) is 3.16. The smallest absolute Gasteiger partial charge is 0.161 e. The van der Waals surface area contributed by atoms with E-state index in [1.165, 1.54) is 24.2 Å². The molecule has 3 rings (SSSR count). The molecular weight excluding hydrogens is 336 g/mol. The predicted molar refractivity (Wildman–Crippen MR) is 94.3 cm³/mol. The van der Waals surface area contributed by atoms with Gasteiger partial charge >= 0.3 is 0 Å². The molecule has 0 radical (unpaired) electrons. The molecule has 0 aliphatic carbocycles. The number of hydrogen-bond acceptors (Lipinski definition) is 5. The van der Waals surface area contributed by atoms with E-state index < -0.39 is 0 Å². The van der Waals surface area contributed by atoms with Gasteiger partial charge < -0.3 is 5.73 Å². The largest absolute Gasteiger partial charge is 0.399 e. The molecule has 0 aliphatic heterocycles. The van der Waals surface area contributed by atoms with E-state index in [0.29, 0.717) is 21.2 Å². The first-order valence-corrected chi connectivity index (χ1v) is 8.60. The molecule has 6 heteroatoms. The lowest BCUT2D eigenvalue weighted by molar-refractivity contribution is 0.101. The van der Waals surface area contributed by atoms with Gasteiger partial charge in [-0.15, -0.1) is 11.3 Å². The number of benzene rings is 2.